The number of benzene rings is 1. The van der Waals surface area contributed by atoms with E-state index in [1.807, 2.05) is 37.4 Å². The van der Waals surface area contributed by atoms with Crippen LogP contribution >= 0.6 is 0 Å². The van der Waals surface area contributed by atoms with Crippen LogP contribution in [0.2, 0.25) is 0 Å². The Balaban J connectivity index is 1.48. The Morgan fingerprint density at radius 2 is 2.31 bits per heavy atom. The van der Waals surface area contributed by atoms with E-state index in [-0.39, 0.29) is 12.0 Å². The summed E-state index contributed by atoms with van der Waals surface area (Å²) in [5, 5.41) is 7.07. The lowest BCUT2D eigenvalue weighted by Crippen LogP contribution is -2.35. The number of rotatable bonds is 7. The summed E-state index contributed by atoms with van der Waals surface area (Å²) in [5.41, 5.74) is 1.12. The summed E-state index contributed by atoms with van der Waals surface area (Å²) in [4.78, 5) is 14.4. The molecule has 1 aromatic carbocycles. The molecule has 1 aliphatic rings. The number of hydrogen-bond acceptors (Lipinski definition) is 5. The number of amides is 1. The predicted octanol–water partition coefficient (Wildman–Crippen LogP) is 1.68. The van der Waals surface area contributed by atoms with Crippen LogP contribution in [0, 0.1) is 0 Å². The zero-order chi connectivity index (χ0) is 18.4. The second-order valence-electron chi connectivity index (χ2n) is 6.51. The van der Waals surface area contributed by atoms with Gasteiger partial charge in [-0.3, -0.25) is 14.4 Å². The van der Waals surface area contributed by atoms with Gasteiger partial charge in [-0.15, -0.1) is 0 Å². The molecule has 1 unspecified atom stereocenters. The Bertz CT molecular complexity index is 718. The van der Waals surface area contributed by atoms with E-state index in [0.717, 1.165) is 30.2 Å². The summed E-state index contributed by atoms with van der Waals surface area (Å²) in [6.07, 6.45) is 4.15. The van der Waals surface area contributed by atoms with Gasteiger partial charge in [-0.25, -0.2) is 0 Å². The normalized spacial score (nSPS) is 17.1. The van der Waals surface area contributed by atoms with E-state index < -0.39 is 0 Å². The fraction of sp³-hybridized carbons (Fsp3) is 0.474. The highest BCUT2D eigenvalue weighted by Crippen LogP contribution is 2.29. The van der Waals surface area contributed by atoms with Gasteiger partial charge in [0.05, 0.1) is 13.7 Å². The van der Waals surface area contributed by atoms with Crippen LogP contribution in [0.4, 0.5) is 0 Å². The minimum absolute atomic E-state index is 0.0601. The van der Waals surface area contributed by atoms with E-state index in [1.54, 1.807) is 18.0 Å². The van der Waals surface area contributed by atoms with Gasteiger partial charge in [-0.2, -0.15) is 5.10 Å². The van der Waals surface area contributed by atoms with Gasteiger partial charge in [0.1, 0.15) is 17.6 Å². The third kappa shape index (κ3) is 4.98. The maximum Gasteiger partial charge on any atom is 0.221 e. The highest BCUT2D eigenvalue weighted by molar-refractivity contribution is 5.76. The van der Waals surface area contributed by atoms with Crippen molar-refractivity contribution in [1.82, 2.24) is 20.0 Å². The van der Waals surface area contributed by atoms with Gasteiger partial charge < -0.3 is 14.8 Å². The lowest BCUT2D eigenvalue weighted by molar-refractivity contribution is -0.121. The van der Waals surface area contributed by atoms with Crippen LogP contribution in [-0.2, 0) is 17.9 Å². The molecule has 26 heavy (non-hydrogen) atoms. The molecule has 140 valence electrons. The van der Waals surface area contributed by atoms with E-state index in [4.69, 9.17) is 9.47 Å². The second-order valence-corrected chi connectivity index (χ2v) is 6.51. The number of carbonyl (C=O) groups excluding carboxylic acids is 1. The molecule has 0 saturated carbocycles. The molecule has 3 rings (SSSR count). The Morgan fingerprint density at radius 1 is 1.42 bits per heavy atom. The van der Waals surface area contributed by atoms with Gasteiger partial charge >= 0.3 is 0 Å². The quantitative estimate of drug-likeness (QED) is 0.816. The standard InChI is InChI=1S/C19H26N4O3/c1-15-13-22(14-16-4-5-17(25-2)12-18(16)26-15)10-6-19(24)20-8-11-23-9-3-7-21-23/h3-5,7,9,12,15H,6,8,10-11,13-14H2,1-2H3,(H,20,24). The molecule has 0 radical (unpaired) electrons. The molecule has 7 nitrogen and oxygen atoms in total. The maximum atomic E-state index is 12.1. The Morgan fingerprint density at radius 3 is 3.08 bits per heavy atom. The molecule has 0 aliphatic carbocycles. The Hall–Kier alpha value is -2.54. The molecule has 2 aromatic rings. The lowest BCUT2D eigenvalue weighted by atomic mass is 10.1. The third-order valence-electron chi connectivity index (χ3n) is 4.39. The van der Waals surface area contributed by atoms with Crippen molar-refractivity contribution in [3.05, 3.63) is 42.2 Å². The number of fused-ring (bicyclic) bond motifs is 1. The number of nitrogens with zero attached hydrogens (tertiary/aromatic N) is 3. The molecule has 0 fully saturated rings. The molecular weight excluding hydrogens is 332 g/mol. The summed E-state index contributed by atoms with van der Waals surface area (Å²) in [5.74, 6) is 1.72. The van der Waals surface area contributed by atoms with Crippen molar-refractivity contribution in [2.75, 3.05) is 26.7 Å². The third-order valence-corrected chi connectivity index (χ3v) is 4.39. The summed E-state index contributed by atoms with van der Waals surface area (Å²) < 4.78 is 13.1. The second kappa shape index (κ2) is 8.71. The molecular formula is C19H26N4O3. The first-order chi connectivity index (χ1) is 12.6. The van der Waals surface area contributed by atoms with Gasteiger partial charge in [0, 0.05) is 56.6 Å². The van der Waals surface area contributed by atoms with Crippen molar-refractivity contribution in [3.8, 4) is 11.5 Å². The smallest absolute Gasteiger partial charge is 0.221 e. The van der Waals surface area contributed by atoms with Crippen molar-refractivity contribution in [2.24, 2.45) is 0 Å². The minimum Gasteiger partial charge on any atom is -0.497 e. The van der Waals surface area contributed by atoms with Crippen LogP contribution in [-0.4, -0.2) is 53.4 Å². The first kappa shape index (κ1) is 18.3. The SMILES string of the molecule is COc1ccc2c(c1)OC(C)CN(CCC(=O)NCCn1cccn1)C2. The van der Waals surface area contributed by atoms with Crippen molar-refractivity contribution in [3.63, 3.8) is 0 Å². The molecule has 7 heteroatoms. The summed E-state index contributed by atoms with van der Waals surface area (Å²) in [6.45, 7) is 5.57. The van der Waals surface area contributed by atoms with Crippen LogP contribution in [0.25, 0.3) is 0 Å². The summed E-state index contributed by atoms with van der Waals surface area (Å²) in [6, 6.07) is 7.77. The van der Waals surface area contributed by atoms with Crippen molar-refractivity contribution < 1.29 is 14.3 Å². The van der Waals surface area contributed by atoms with E-state index in [2.05, 4.69) is 15.3 Å². The fourth-order valence-corrected chi connectivity index (χ4v) is 3.09. The average molecular weight is 358 g/mol. The first-order valence-electron chi connectivity index (χ1n) is 8.94. The van der Waals surface area contributed by atoms with Crippen molar-refractivity contribution in [1.29, 1.82) is 0 Å². The zero-order valence-electron chi connectivity index (χ0n) is 15.4. The molecule has 1 atom stereocenters. The fourth-order valence-electron chi connectivity index (χ4n) is 3.09. The molecule has 2 heterocycles. The van der Waals surface area contributed by atoms with E-state index in [1.165, 1.54) is 0 Å². The van der Waals surface area contributed by atoms with E-state index in [0.29, 0.717) is 26.1 Å². The highest BCUT2D eigenvalue weighted by atomic mass is 16.5. The van der Waals surface area contributed by atoms with Gasteiger partial charge in [-0.05, 0) is 19.1 Å². The van der Waals surface area contributed by atoms with Gasteiger partial charge in [0.2, 0.25) is 5.91 Å². The van der Waals surface area contributed by atoms with E-state index >= 15 is 0 Å². The Labute approximate surface area is 153 Å². The molecule has 0 spiro atoms. The minimum atomic E-state index is 0.0601. The first-order valence-corrected chi connectivity index (χ1v) is 8.94. The van der Waals surface area contributed by atoms with Gasteiger partial charge in [0.25, 0.3) is 0 Å². The predicted molar refractivity (Wildman–Crippen MR) is 98.2 cm³/mol. The topological polar surface area (TPSA) is 68.6 Å². The average Bonchev–Trinajstić information content (AvgIpc) is 3.08. The summed E-state index contributed by atoms with van der Waals surface area (Å²) >= 11 is 0. The van der Waals surface area contributed by atoms with Crippen LogP contribution < -0.4 is 14.8 Å². The van der Waals surface area contributed by atoms with Crippen LogP contribution in [0.1, 0.15) is 18.9 Å². The number of nitrogens with one attached hydrogen (secondary N) is 1. The van der Waals surface area contributed by atoms with Gasteiger partial charge in [0.15, 0.2) is 0 Å². The number of aromatic nitrogens is 2. The molecule has 1 aromatic heterocycles. The molecule has 0 saturated heterocycles. The van der Waals surface area contributed by atoms with Crippen molar-refractivity contribution >= 4 is 5.91 Å². The van der Waals surface area contributed by atoms with Crippen LogP contribution in [0.3, 0.4) is 0 Å². The number of hydrogen-bond donors (Lipinski definition) is 1. The number of ether oxygens (including phenoxy) is 2. The molecule has 1 amide bonds. The van der Waals surface area contributed by atoms with Crippen LogP contribution in [0.5, 0.6) is 11.5 Å². The van der Waals surface area contributed by atoms with E-state index in [9.17, 15) is 4.79 Å². The van der Waals surface area contributed by atoms with Gasteiger partial charge in [-0.1, -0.05) is 6.07 Å². The van der Waals surface area contributed by atoms with Crippen LogP contribution in [0.15, 0.2) is 36.7 Å². The molecule has 1 N–H and O–H groups in total. The maximum absolute atomic E-state index is 12.1. The zero-order valence-corrected chi connectivity index (χ0v) is 15.4. The molecule has 1 aliphatic heterocycles. The Kier molecular flexibility index (Phi) is 6.12. The van der Waals surface area contributed by atoms with Crippen molar-refractivity contribution in [2.45, 2.75) is 32.5 Å². The number of methoxy groups -OCH3 is 1. The molecule has 0 bridgehead atoms. The largest absolute Gasteiger partial charge is 0.497 e. The lowest BCUT2D eigenvalue weighted by Gasteiger charge is -2.21. The highest BCUT2D eigenvalue weighted by Gasteiger charge is 2.21. The number of carbonyl (C=O) groups is 1. The monoisotopic (exact) mass is 358 g/mol. The summed E-state index contributed by atoms with van der Waals surface area (Å²) in [7, 11) is 1.65.